The van der Waals surface area contributed by atoms with Crippen molar-refractivity contribution in [1.29, 1.82) is 5.26 Å². The average Bonchev–Trinajstić information content (AvgIpc) is 3.60. The number of thioether (sulfide) groups is 4. The van der Waals surface area contributed by atoms with Crippen LogP contribution in [0.5, 0.6) is 11.5 Å². The largest absolute Gasteiger partial charge is 0.491 e. The van der Waals surface area contributed by atoms with E-state index in [4.69, 9.17) is 21.8 Å². The minimum absolute atomic E-state index is 0.0318. The van der Waals surface area contributed by atoms with E-state index >= 15 is 0 Å². The van der Waals surface area contributed by atoms with Crippen molar-refractivity contribution in [3.05, 3.63) is 42.3 Å². The zero-order valence-corrected chi connectivity index (χ0v) is 27.7. The summed E-state index contributed by atoms with van der Waals surface area (Å²) < 4.78 is 13.9. The summed E-state index contributed by atoms with van der Waals surface area (Å²) in [7, 11) is 0. The average molecular weight is 657 g/mol. The Hall–Kier alpha value is -2.97. The highest BCUT2D eigenvalue weighted by atomic mass is 32.2. The minimum Gasteiger partial charge on any atom is -0.491 e. The van der Waals surface area contributed by atoms with Gasteiger partial charge >= 0.3 is 0 Å². The molecular formula is C30H32N4O5S4. The summed E-state index contributed by atoms with van der Waals surface area (Å²) in [5.74, 6) is -0.572. The summed E-state index contributed by atoms with van der Waals surface area (Å²) in [6.07, 6.45) is 4.92. The molecule has 4 rings (SSSR count). The number of carbonyl (C=O) groups is 3. The number of benzene rings is 1. The Morgan fingerprint density at radius 2 is 1.42 bits per heavy atom. The third-order valence-corrected chi connectivity index (χ3v) is 11.9. The van der Waals surface area contributed by atoms with Gasteiger partial charge in [0.05, 0.1) is 53.4 Å². The van der Waals surface area contributed by atoms with Gasteiger partial charge in [0, 0.05) is 6.54 Å². The molecule has 3 amide bonds. The van der Waals surface area contributed by atoms with E-state index in [-0.39, 0.29) is 17.8 Å². The number of ether oxygens (including phenoxy) is 2. The number of primary amides is 1. The molecule has 1 aromatic rings. The number of nitrogens with two attached hydrogens (primary N) is 1. The number of imide groups is 1. The van der Waals surface area contributed by atoms with E-state index in [1.54, 1.807) is 6.92 Å². The highest BCUT2D eigenvalue weighted by Gasteiger charge is 2.42. The number of carbonyl (C=O) groups excluding carboxylic acids is 3. The Morgan fingerprint density at radius 3 is 1.86 bits per heavy atom. The zero-order valence-electron chi connectivity index (χ0n) is 24.5. The lowest BCUT2D eigenvalue weighted by atomic mass is 9.96. The predicted octanol–water partition coefficient (Wildman–Crippen LogP) is 7.23. The van der Waals surface area contributed by atoms with Crippen molar-refractivity contribution in [3.63, 3.8) is 0 Å². The van der Waals surface area contributed by atoms with Crippen LogP contribution < -0.4 is 15.2 Å². The van der Waals surface area contributed by atoms with Crippen LogP contribution in [0.4, 0.5) is 0 Å². The summed E-state index contributed by atoms with van der Waals surface area (Å²) >= 11 is 5.25. The molecule has 3 aliphatic rings. The molecule has 0 atom stereocenters. The summed E-state index contributed by atoms with van der Waals surface area (Å²) in [5, 5.41) is 9.86. The molecule has 0 spiro atoms. The van der Waals surface area contributed by atoms with Crippen LogP contribution in [0.3, 0.4) is 0 Å². The summed E-state index contributed by atoms with van der Waals surface area (Å²) in [5.41, 5.74) is 6.06. The first kappa shape index (κ1) is 32.9. The van der Waals surface area contributed by atoms with Crippen molar-refractivity contribution in [3.8, 4) is 17.6 Å². The smallest absolute Gasteiger partial charge is 0.271 e. The standard InChI is InChI=1S/C30H32N4O5S4/c1-6-9-12-34-27(36)17(15-31)16(4)18(28(34)37)29-40-22-20(38-13-10-7-2)24-25(21(23(22)41-29)39-14-11-8-3)43-30(42-24)19(33-5)26(32)35/h6-14H2,1-4H3,(H2,32,35). The van der Waals surface area contributed by atoms with Gasteiger partial charge in [0.25, 0.3) is 17.5 Å². The lowest BCUT2D eigenvalue weighted by molar-refractivity contribution is -0.140. The molecule has 0 aromatic heterocycles. The fourth-order valence-electron chi connectivity index (χ4n) is 4.40. The van der Waals surface area contributed by atoms with Gasteiger partial charge in [0.15, 0.2) is 0 Å². The first-order valence-corrected chi connectivity index (χ1v) is 17.3. The van der Waals surface area contributed by atoms with Crippen LogP contribution in [0.25, 0.3) is 4.85 Å². The van der Waals surface area contributed by atoms with Crippen molar-refractivity contribution in [2.45, 2.75) is 85.8 Å². The molecule has 0 fully saturated rings. The van der Waals surface area contributed by atoms with E-state index in [1.165, 1.54) is 51.9 Å². The quantitative estimate of drug-likeness (QED) is 0.106. The third kappa shape index (κ3) is 6.46. The second-order valence-electron chi connectivity index (χ2n) is 9.79. The highest BCUT2D eigenvalue weighted by molar-refractivity contribution is 8.26. The van der Waals surface area contributed by atoms with Crippen molar-refractivity contribution in [2.75, 3.05) is 19.8 Å². The lowest BCUT2D eigenvalue weighted by Crippen LogP contribution is -2.43. The molecular weight excluding hydrogens is 625 g/mol. The number of hydrogen-bond acceptors (Lipinski definition) is 10. The van der Waals surface area contributed by atoms with Crippen LogP contribution >= 0.6 is 47.0 Å². The predicted molar refractivity (Wildman–Crippen MR) is 170 cm³/mol. The molecule has 0 saturated carbocycles. The molecule has 226 valence electrons. The van der Waals surface area contributed by atoms with E-state index in [2.05, 4.69) is 18.7 Å². The molecule has 0 aliphatic carbocycles. The zero-order chi connectivity index (χ0) is 31.3. The first-order valence-electron chi connectivity index (χ1n) is 14.1. The molecule has 3 aliphatic heterocycles. The number of fused-ring (bicyclic) bond motifs is 2. The fourth-order valence-corrected chi connectivity index (χ4v) is 10.0. The van der Waals surface area contributed by atoms with E-state index in [9.17, 15) is 19.6 Å². The van der Waals surface area contributed by atoms with Crippen LogP contribution in [0.1, 0.15) is 66.2 Å². The maximum absolute atomic E-state index is 13.8. The molecule has 2 N–H and O–H groups in total. The van der Waals surface area contributed by atoms with Crippen LogP contribution in [0, 0.1) is 17.9 Å². The summed E-state index contributed by atoms with van der Waals surface area (Å²) in [6, 6.07) is 2.02. The number of unbranched alkanes of at least 4 members (excludes halogenated alkanes) is 3. The number of amides is 3. The maximum Gasteiger partial charge on any atom is 0.271 e. The molecule has 1 aromatic carbocycles. The first-order chi connectivity index (χ1) is 20.7. The lowest BCUT2D eigenvalue weighted by Gasteiger charge is -2.28. The van der Waals surface area contributed by atoms with Gasteiger partial charge in [-0.3, -0.25) is 19.3 Å². The number of hydrogen-bond donors (Lipinski definition) is 1. The third-order valence-electron chi connectivity index (χ3n) is 6.76. The van der Waals surface area contributed by atoms with Gasteiger partial charge in [-0.2, -0.15) is 5.26 Å². The van der Waals surface area contributed by atoms with Gasteiger partial charge in [0.2, 0.25) is 5.91 Å². The summed E-state index contributed by atoms with van der Waals surface area (Å²) in [6.45, 7) is 16.4. The Balaban J connectivity index is 1.92. The normalized spacial score (nSPS) is 15.9. The highest BCUT2D eigenvalue weighted by Crippen LogP contribution is 2.68. The Morgan fingerprint density at radius 1 is 0.907 bits per heavy atom. The van der Waals surface area contributed by atoms with Crippen molar-refractivity contribution in [2.24, 2.45) is 5.73 Å². The Bertz CT molecular complexity index is 1500. The molecule has 0 radical (unpaired) electrons. The second kappa shape index (κ2) is 14.7. The van der Waals surface area contributed by atoms with Crippen LogP contribution in [0.2, 0.25) is 0 Å². The topological polar surface area (TPSA) is 127 Å². The van der Waals surface area contributed by atoms with Gasteiger partial charge in [0.1, 0.15) is 23.1 Å². The van der Waals surface area contributed by atoms with Crippen molar-refractivity contribution < 1.29 is 23.9 Å². The molecule has 3 heterocycles. The molecule has 0 unspecified atom stereocenters. The number of nitriles is 1. The van der Waals surface area contributed by atoms with Crippen molar-refractivity contribution >= 4 is 64.8 Å². The van der Waals surface area contributed by atoms with Gasteiger partial charge in [-0.15, -0.1) is 0 Å². The SMILES string of the molecule is [C-]#[N+]C(C(N)=O)=C1Sc2c(OCCCC)c3c(c(OCCCC)c2S1)SC(=C1C(=O)N(CCCC)C(=O)C(C#N)=C1C)S3. The summed E-state index contributed by atoms with van der Waals surface area (Å²) in [4.78, 5) is 46.5. The number of nitrogens with zero attached hydrogens (tertiary/aromatic N) is 3. The van der Waals surface area contributed by atoms with E-state index < -0.39 is 17.7 Å². The van der Waals surface area contributed by atoms with Gasteiger partial charge in [-0.25, -0.2) is 4.85 Å². The van der Waals surface area contributed by atoms with E-state index in [0.717, 1.165) is 51.7 Å². The fraction of sp³-hybridized carbons (Fsp3) is 0.433. The second-order valence-corrected chi connectivity index (χ2v) is 14.4. The monoisotopic (exact) mass is 656 g/mol. The van der Waals surface area contributed by atoms with Gasteiger partial charge in [-0.05, 0) is 31.8 Å². The molecule has 13 heteroatoms. The Kier molecular flexibility index (Phi) is 11.2. The van der Waals surface area contributed by atoms with Gasteiger partial charge in [-0.1, -0.05) is 87.1 Å². The van der Waals surface area contributed by atoms with Crippen LogP contribution in [0.15, 0.2) is 50.5 Å². The van der Waals surface area contributed by atoms with Crippen molar-refractivity contribution in [1.82, 2.24) is 4.90 Å². The van der Waals surface area contributed by atoms with Crippen LogP contribution in [-0.4, -0.2) is 42.4 Å². The van der Waals surface area contributed by atoms with Crippen LogP contribution in [-0.2, 0) is 14.4 Å². The molecule has 0 bridgehead atoms. The van der Waals surface area contributed by atoms with E-state index in [1.807, 2.05) is 13.0 Å². The minimum atomic E-state index is -0.795. The van der Waals surface area contributed by atoms with Gasteiger partial charge < -0.3 is 15.2 Å². The number of rotatable bonds is 12. The van der Waals surface area contributed by atoms with E-state index in [0.29, 0.717) is 50.8 Å². The maximum atomic E-state index is 13.8. The Labute approximate surface area is 268 Å². The molecule has 0 saturated heterocycles. The molecule has 9 nitrogen and oxygen atoms in total. The molecule has 43 heavy (non-hydrogen) atoms.